The van der Waals surface area contributed by atoms with Crippen LogP contribution in [0.15, 0.2) is 29.2 Å². The molecule has 0 fully saturated rings. The third-order valence-electron chi connectivity index (χ3n) is 1.55. The SMILES string of the molecule is CCC(=N)Sc1cccc(C)c1. The van der Waals surface area contributed by atoms with Crippen LogP contribution in [0.1, 0.15) is 18.9 Å². The lowest BCUT2D eigenvalue weighted by Crippen LogP contribution is -1.85. The quantitative estimate of drug-likeness (QED) is 0.419. The van der Waals surface area contributed by atoms with E-state index in [1.165, 1.54) is 10.5 Å². The van der Waals surface area contributed by atoms with Crippen molar-refractivity contribution in [1.29, 1.82) is 5.41 Å². The summed E-state index contributed by atoms with van der Waals surface area (Å²) in [6, 6.07) is 8.25. The molecule has 1 nitrogen and oxygen atoms in total. The van der Waals surface area contributed by atoms with Gasteiger partial charge in [-0.2, -0.15) is 0 Å². The van der Waals surface area contributed by atoms with Crippen LogP contribution in [0.3, 0.4) is 0 Å². The van der Waals surface area contributed by atoms with E-state index in [0.29, 0.717) is 0 Å². The molecule has 0 heterocycles. The maximum absolute atomic E-state index is 7.51. The highest BCUT2D eigenvalue weighted by Gasteiger charge is 1.97. The normalized spacial score (nSPS) is 9.83. The van der Waals surface area contributed by atoms with Crippen molar-refractivity contribution in [2.75, 3.05) is 0 Å². The van der Waals surface area contributed by atoms with E-state index in [-0.39, 0.29) is 0 Å². The van der Waals surface area contributed by atoms with Crippen molar-refractivity contribution in [3.63, 3.8) is 0 Å². The highest BCUT2D eigenvalue weighted by molar-refractivity contribution is 8.13. The van der Waals surface area contributed by atoms with Gasteiger partial charge in [-0.15, -0.1) is 0 Å². The number of hydrogen-bond donors (Lipinski definition) is 1. The Hall–Kier alpha value is -0.760. The van der Waals surface area contributed by atoms with Crippen LogP contribution >= 0.6 is 11.8 Å². The monoisotopic (exact) mass is 179 g/mol. The molecule has 0 aliphatic rings. The smallest absolute Gasteiger partial charge is 0.0686 e. The highest BCUT2D eigenvalue weighted by atomic mass is 32.2. The Kier molecular flexibility index (Phi) is 3.35. The highest BCUT2D eigenvalue weighted by Crippen LogP contribution is 2.20. The first-order valence-electron chi connectivity index (χ1n) is 4.04. The minimum Gasteiger partial charge on any atom is -0.298 e. The molecule has 12 heavy (non-hydrogen) atoms. The van der Waals surface area contributed by atoms with Gasteiger partial charge in [0, 0.05) is 4.90 Å². The Bertz CT molecular complexity index is 281. The van der Waals surface area contributed by atoms with E-state index in [1.807, 2.05) is 19.1 Å². The summed E-state index contributed by atoms with van der Waals surface area (Å²) in [6.45, 7) is 4.07. The third kappa shape index (κ3) is 2.70. The molecular weight excluding hydrogens is 166 g/mol. The lowest BCUT2D eigenvalue weighted by molar-refractivity contribution is 1.28. The molecule has 0 bridgehead atoms. The molecule has 1 aromatic rings. The van der Waals surface area contributed by atoms with Crippen LogP contribution < -0.4 is 0 Å². The fraction of sp³-hybridized carbons (Fsp3) is 0.300. The van der Waals surface area contributed by atoms with Crippen molar-refractivity contribution in [2.24, 2.45) is 0 Å². The average molecular weight is 179 g/mol. The predicted octanol–water partition coefficient (Wildman–Crippen LogP) is 3.47. The van der Waals surface area contributed by atoms with Crippen LogP contribution in [0, 0.1) is 12.3 Å². The maximum Gasteiger partial charge on any atom is 0.0686 e. The average Bonchev–Trinajstić information content (AvgIpc) is 2.04. The molecule has 1 rings (SSSR count). The van der Waals surface area contributed by atoms with E-state index in [0.717, 1.165) is 11.5 Å². The van der Waals surface area contributed by atoms with Crippen molar-refractivity contribution < 1.29 is 0 Å². The molecule has 0 amide bonds. The Morgan fingerprint density at radius 1 is 1.50 bits per heavy atom. The minimum absolute atomic E-state index is 0.723. The molecule has 64 valence electrons. The van der Waals surface area contributed by atoms with E-state index < -0.39 is 0 Å². The standard InChI is InChI=1S/C10H13NS/c1-3-10(11)12-9-6-4-5-8(2)7-9/h4-7,11H,3H2,1-2H3. The number of aryl methyl sites for hydroxylation is 1. The summed E-state index contributed by atoms with van der Waals surface area (Å²) in [6.07, 6.45) is 0.818. The number of hydrogen-bond acceptors (Lipinski definition) is 2. The molecule has 0 aliphatic carbocycles. The second-order valence-electron chi connectivity index (χ2n) is 2.70. The van der Waals surface area contributed by atoms with Gasteiger partial charge in [0.05, 0.1) is 5.04 Å². The lowest BCUT2D eigenvalue weighted by Gasteiger charge is -2.01. The summed E-state index contributed by atoms with van der Waals surface area (Å²) in [4.78, 5) is 1.17. The number of rotatable bonds is 2. The van der Waals surface area contributed by atoms with E-state index in [1.54, 1.807) is 11.8 Å². The van der Waals surface area contributed by atoms with Crippen LogP contribution in [-0.2, 0) is 0 Å². The summed E-state index contributed by atoms with van der Waals surface area (Å²) in [5, 5.41) is 8.23. The second kappa shape index (κ2) is 4.31. The van der Waals surface area contributed by atoms with Gasteiger partial charge in [-0.25, -0.2) is 0 Å². The van der Waals surface area contributed by atoms with Crippen molar-refractivity contribution in [3.8, 4) is 0 Å². The molecule has 0 spiro atoms. The van der Waals surface area contributed by atoms with Gasteiger partial charge in [0.2, 0.25) is 0 Å². The summed E-state index contributed by atoms with van der Waals surface area (Å²) < 4.78 is 0. The molecule has 0 aliphatic heterocycles. The lowest BCUT2D eigenvalue weighted by atomic mass is 10.2. The van der Waals surface area contributed by atoms with Crippen molar-refractivity contribution in [2.45, 2.75) is 25.2 Å². The maximum atomic E-state index is 7.51. The van der Waals surface area contributed by atoms with Crippen LogP contribution in [0.4, 0.5) is 0 Å². The molecule has 0 saturated carbocycles. The van der Waals surface area contributed by atoms with E-state index in [9.17, 15) is 0 Å². The van der Waals surface area contributed by atoms with Crippen LogP contribution in [0.2, 0.25) is 0 Å². The Morgan fingerprint density at radius 3 is 2.83 bits per heavy atom. The zero-order valence-electron chi connectivity index (χ0n) is 7.42. The van der Waals surface area contributed by atoms with Gasteiger partial charge in [0.1, 0.15) is 0 Å². The molecule has 0 unspecified atom stereocenters. The molecule has 0 aromatic heterocycles. The Labute approximate surface area is 77.7 Å². The van der Waals surface area contributed by atoms with E-state index >= 15 is 0 Å². The van der Waals surface area contributed by atoms with Crippen LogP contribution in [-0.4, -0.2) is 5.04 Å². The van der Waals surface area contributed by atoms with Crippen LogP contribution in [0.25, 0.3) is 0 Å². The third-order valence-corrected chi connectivity index (χ3v) is 2.58. The summed E-state index contributed by atoms with van der Waals surface area (Å²) in [5.41, 5.74) is 1.25. The van der Waals surface area contributed by atoms with E-state index in [4.69, 9.17) is 5.41 Å². The van der Waals surface area contributed by atoms with E-state index in [2.05, 4.69) is 19.1 Å². The minimum atomic E-state index is 0.723. The molecular formula is C10H13NS. The number of thioether (sulfide) groups is 1. The summed E-state index contributed by atoms with van der Waals surface area (Å²) >= 11 is 1.54. The fourth-order valence-corrected chi connectivity index (χ4v) is 1.71. The first kappa shape index (κ1) is 9.33. The fourth-order valence-electron chi connectivity index (χ4n) is 0.893. The number of nitrogens with one attached hydrogen (secondary N) is 1. The van der Waals surface area contributed by atoms with Gasteiger partial charge < -0.3 is 0 Å². The Morgan fingerprint density at radius 2 is 2.25 bits per heavy atom. The molecule has 0 saturated heterocycles. The number of benzene rings is 1. The van der Waals surface area contributed by atoms with Crippen LogP contribution in [0.5, 0.6) is 0 Å². The van der Waals surface area contributed by atoms with Crippen molar-refractivity contribution in [1.82, 2.24) is 0 Å². The molecule has 0 atom stereocenters. The second-order valence-corrected chi connectivity index (χ2v) is 3.86. The van der Waals surface area contributed by atoms with Gasteiger partial charge in [-0.1, -0.05) is 36.4 Å². The van der Waals surface area contributed by atoms with Gasteiger partial charge in [0.25, 0.3) is 0 Å². The molecule has 1 N–H and O–H groups in total. The first-order valence-corrected chi connectivity index (χ1v) is 4.86. The predicted molar refractivity (Wildman–Crippen MR) is 55.1 cm³/mol. The van der Waals surface area contributed by atoms with Gasteiger partial charge in [-0.3, -0.25) is 5.41 Å². The molecule has 1 aromatic carbocycles. The molecule has 2 heteroatoms. The largest absolute Gasteiger partial charge is 0.298 e. The summed E-state index contributed by atoms with van der Waals surface area (Å²) in [5.74, 6) is 0. The zero-order valence-corrected chi connectivity index (χ0v) is 8.24. The van der Waals surface area contributed by atoms with Gasteiger partial charge in [-0.05, 0) is 25.5 Å². The van der Waals surface area contributed by atoms with Crippen molar-refractivity contribution in [3.05, 3.63) is 29.8 Å². The zero-order chi connectivity index (χ0) is 8.97. The Balaban J connectivity index is 2.69. The van der Waals surface area contributed by atoms with Gasteiger partial charge >= 0.3 is 0 Å². The molecule has 0 radical (unpaired) electrons. The summed E-state index contributed by atoms with van der Waals surface area (Å²) in [7, 11) is 0. The topological polar surface area (TPSA) is 23.9 Å². The van der Waals surface area contributed by atoms with Gasteiger partial charge in [0.15, 0.2) is 0 Å². The first-order chi connectivity index (χ1) is 5.72. The van der Waals surface area contributed by atoms with Crippen molar-refractivity contribution >= 4 is 16.8 Å².